The molecule has 2 heterocycles. The fourth-order valence-corrected chi connectivity index (χ4v) is 4.46. The lowest BCUT2D eigenvalue weighted by molar-refractivity contribution is -0.149. The van der Waals surface area contributed by atoms with E-state index in [0.717, 1.165) is 0 Å². The topological polar surface area (TPSA) is 145 Å². The number of amides is 1. The number of esters is 1. The first-order valence-corrected chi connectivity index (χ1v) is 13.1. The second-order valence-corrected chi connectivity index (χ2v) is 9.78. The molecule has 210 valence electrons. The second-order valence-electron chi connectivity index (χ2n) is 9.08. The Morgan fingerprint density at radius 3 is 2.45 bits per heavy atom. The maximum atomic E-state index is 14.6. The first kappa shape index (κ1) is 28.6. The summed E-state index contributed by atoms with van der Waals surface area (Å²) in [6.07, 6.45) is 2.55. The fraction of sp³-hybridized carbons (Fsp3) is 0.231. The average Bonchev–Trinajstić information content (AvgIpc) is 3.15. The van der Waals surface area contributed by atoms with Crippen LogP contribution in [-0.4, -0.2) is 47.1 Å². The van der Waals surface area contributed by atoms with E-state index in [1.807, 2.05) is 0 Å². The summed E-state index contributed by atoms with van der Waals surface area (Å²) in [4.78, 5) is 42.6. The van der Waals surface area contributed by atoms with Gasteiger partial charge in [-0.25, -0.2) is 22.5 Å². The molecular formula is C26H25F2N5O6S. The predicted octanol–water partition coefficient (Wildman–Crippen LogP) is 2.84. The second kappa shape index (κ2) is 11.8. The Kier molecular flexibility index (Phi) is 8.40. The molecule has 0 aliphatic carbocycles. The van der Waals surface area contributed by atoms with Gasteiger partial charge in [0, 0.05) is 25.7 Å². The predicted molar refractivity (Wildman–Crippen MR) is 143 cm³/mol. The summed E-state index contributed by atoms with van der Waals surface area (Å²) >= 11 is -2.66. The van der Waals surface area contributed by atoms with Gasteiger partial charge in [0.2, 0.25) is 0 Å². The zero-order valence-electron chi connectivity index (χ0n) is 21.6. The minimum Gasteiger partial charge on any atom is -0.461 e. The smallest absolute Gasteiger partial charge is 0.329 e. The lowest BCUT2D eigenvalue weighted by atomic mass is 10.0. The van der Waals surface area contributed by atoms with E-state index >= 15 is 0 Å². The van der Waals surface area contributed by atoms with Gasteiger partial charge in [-0.05, 0) is 43.7 Å². The van der Waals surface area contributed by atoms with Crippen LogP contribution in [-0.2, 0) is 34.3 Å². The summed E-state index contributed by atoms with van der Waals surface area (Å²) in [7, 11) is 1.72. The van der Waals surface area contributed by atoms with E-state index < -0.39 is 58.2 Å². The van der Waals surface area contributed by atoms with Crippen LogP contribution in [0.4, 0.5) is 14.5 Å². The molecule has 0 fully saturated rings. The normalized spacial score (nSPS) is 12.8. The molecule has 4 aromatic rings. The molecule has 14 heteroatoms. The van der Waals surface area contributed by atoms with Crippen LogP contribution in [0.15, 0.2) is 59.7 Å². The van der Waals surface area contributed by atoms with Crippen molar-refractivity contribution in [3.05, 3.63) is 88.0 Å². The van der Waals surface area contributed by atoms with Crippen molar-refractivity contribution >= 4 is 39.7 Å². The van der Waals surface area contributed by atoms with Crippen LogP contribution in [0.3, 0.4) is 0 Å². The molecule has 0 bridgehead atoms. The third-order valence-corrected chi connectivity index (χ3v) is 6.33. The van der Waals surface area contributed by atoms with E-state index in [-0.39, 0.29) is 12.0 Å². The highest BCUT2D eigenvalue weighted by Gasteiger charge is 2.26. The molecule has 0 saturated heterocycles. The number of aryl methyl sites for hydroxylation is 1. The molecule has 4 rings (SSSR count). The Balaban J connectivity index is 1.59. The summed E-state index contributed by atoms with van der Waals surface area (Å²) in [6.45, 7) is 3.24. The molecule has 1 amide bonds. The lowest BCUT2D eigenvalue weighted by Crippen LogP contribution is -2.44. The third kappa shape index (κ3) is 6.07. The molecule has 2 atom stereocenters. The Hall–Kier alpha value is -4.43. The number of halogens is 2. The Morgan fingerprint density at radius 2 is 1.82 bits per heavy atom. The van der Waals surface area contributed by atoms with Gasteiger partial charge < -0.3 is 10.1 Å². The number of ether oxygens (including phenoxy) is 1. The molecule has 11 nitrogen and oxygen atoms in total. The molecular weight excluding hydrogens is 548 g/mol. The molecule has 40 heavy (non-hydrogen) atoms. The number of aromatic nitrogens is 3. The number of carbonyl (C=O) groups is 2. The van der Waals surface area contributed by atoms with Crippen molar-refractivity contribution in [3.8, 4) is 5.69 Å². The van der Waals surface area contributed by atoms with E-state index in [9.17, 15) is 27.4 Å². The lowest BCUT2D eigenvalue weighted by Gasteiger charge is -2.20. The summed E-state index contributed by atoms with van der Waals surface area (Å²) in [5.74, 6) is -4.21. The number of benzene rings is 2. The van der Waals surface area contributed by atoms with Gasteiger partial charge in [-0.15, -0.1) is 0 Å². The molecule has 0 radical (unpaired) electrons. The zero-order chi connectivity index (χ0) is 29.1. The van der Waals surface area contributed by atoms with Crippen LogP contribution < -0.4 is 15.6 Å². The van der Waals surface area contributed by atoms with Gasteiger partial charge in [-0.1, -0.05) is 12.1 Å². The molecule has 0 spiro atoms. The summed E-state index contributed by atoms with van der Waals surface area (Å²) in [5, 5.41) is 2.88. The van der Waals surface area contributed by atoms with E-state index in [0.29, 0.717) is 34.3 Å². The zero-order valence-corrected chi connectivity index (χ0v) is 22.4. The summed E-state index contributed by atoms with van der Waals surface area (Å²) in [5.41, 5.74) is 0.209. The highest BCUT2D eigenvalue weighted by molar-refractivity contribution is 7.80. The number of carbonyl (C=O) groups excluding carboxylic acids is 2. The van der Waals surface area contributed by atoms with Gasteiger partial charge in [0.05, 0.1) is 40.1 Å². The number of fused-ring (bicyclic) bond motifs is 1. The molecule has 0 aliphatic heterocycles. The number of anilines is 1. The van der Waals surface area contributed by atoms with E-state index in [2.05, 4.69) is 10.3 Å². The van der Waals surface area contributed by atoms with Crippen LogP contribution >= 0.6 is 0 Å². The maximum Gasteiger partial charge on any atom is 0.329 e. The van der Waals surface area contributed by atoms with Crippen LogP contribution in [0.2, 0.25) is 0 Å². The molecule has 3 N–H and O–H groups in total. The van der Waals surface area contributed by atoms with Crippen molar-refractivity contribution in [1.82, 2.24) is 19.7 Å². The minimum absolute atomic E-state index is 0.0568. The molecule has 2 aromatic carbocycles. The van der Waals surface area contributed by atoms with Crippen LogP contribution in [0.5, 0.6) is 0 Å². The van der Waals surface area contributed by atoms with E-state index in [4.69, 9.17) is 9.29 Å². The fourth-order valence-electron chi connectivity index (χ4n) is 4.12. The number of rotatable bonds is 9. The summed E-state index contributed by atoms with van der Waals surface area (Å²) in [6, 6.07) is 8.13. The highest BCUT2D eigenvalue weighted by Crippen LogP contribution is 2.21. The van der Waals surface area contributed by atoms with E-state index in [1.165, 1.54) is 10.9 Å². The Morgan fingerprint density at radius 1 is 1.12 bits per heavy atom. The number of hydrogen-bond acceptors (Lipinski definition) is 6. The van der Waals surface area contributed by atoms with Crippen LogP contribution in [0.1, 0.15) is 29.8 Å². The van der Waals surface area contributed by atoms with Gasteiger partial charge in [0.25, 0.3) is 22.7 Å². The maximum absolute atomic E-state index is 14.6. The van der Waals surface area contributed by atoms with E-state index in [1.54, 1.807) is 66.8 Å². The molecule has 1 unspecified atom stereocenters. The Bertz CT molecular complexity index is 1670. The van der Waals surface area contributed by atoms with Crippen molar-refractivity contribution < 1.29 is 31.9 Å². The van der Waals surface area contributed by atoms with Crippen LogP contribution in [0.25, 0.3) is 16.6 Å². The molecule has 0 saturated carbocycles. The van der Waals surface area contributed by atoms with Crippen molar-refractivity contribution in [3.63, 3.8) is 0 Å². The quantitative estimate of drug-likeness (QED) is 0.206. The van der Waals surface area contributed by atoms with Gasteiger partial charge >= 0.3 is 5.97 Å². The number of pyridine rings is 1. The highest BCUT2D eigenvalue weighted by atomic mass is 32.2. The summed E-state index contributed by atoms with van der Waals surface area (Å²) < 4.78 is 58.8. The first-order chi connectivity index (χ1) is 19.0. The van der Waals surface area contributed by atoms with Crippen molar-refractivity contribution in [2.45, 2.75) is 32.4 Å². The van der Waals surface area contributed by atoms with Gasteiger partial charge in [-0.3, -0.25) is 28.5 Å². The average molecular weight is 574 g/mol. The van der Waals surface area contributed by atoms with Gasteiger partial charge in [0.15, 0.2) is 0 Å². The van der Waals surface area contributed by atoms with Crippen molar-refractivity contribution in [1.29, 1.82) is 0 Å². The standard InChI is InChI=1S/C26H25F2N5O6S/c1-14(2)39-26(36)22(30-24(34)18-11-20(28)21(12-19(18)27)31-40(37)38)10-15-4-6-16(7-5-15)33-25(35)17-8-9-29-13-23(17)32(33)3/h4-9,11-14,22,31H,10H2,1-3H3,(H,30,34)(H,37,38)/t22-/m0/s1. The minimum atomic E-state index is -2.66. The van der Waals surface area contributed by atoms with Crippen molar-refractivity contribution in [2.24, 2.45) is 7.05 Å². The SMILES string of the molecule is CC(C)OC(=O)[C@H](Cc1ccc(-n2c(=O)c3ccncc3n2C)cc1)NC(=O)c1cc(F)c(NS(=O)O)cc1F. The van der Waals surface area contributed by atoms with Gasteiger partial charge in [-0.2, -0.15) is 0 Å². The van der Waals surface area contributed by atoms with Crippen LogP contribution in [0, 0.1) is 11.6 Å². The first-order valence-electron chi connectivity index (χ1n) is 11.9. The monoisotopic (exact) mass is 573 g/mol. The van der Waals surface area contributed by atoms with Crippen molar-refractivity contribution in [2.75, 3.05) is 4.72 Å². The Labute approximate surface area is 229 Å². The molecule has 2 aromatic heterocycles. The number of nitrogens with zero attached hydrogens (tertiary/aromatic N) is 3. The van der Waals surface area contributed by atoms with Gasteiger partial charge in [0.1, 0.15) is 17.7 Å². The number of nitrogens with one attached hydrogen (secondary N) is 2. The largest absolute Gasteiger partial charge is 0.461 e. The number of hydrogen-bond donors (Lipinski definition) is 3. The molecule has 0 aliphatic rings. The third-order valence-electron chi connectivity index (χ3n) is 5.93.